The van der Waals surface area contributed by atoms with E-state index in [1.165, 1.54) is 0 Å². The van der Waals surface area contributed by atoms with Gasteiger partial charge in [0.25, 0.3) is 0 Å². The first-order valence-electron chi connectivity index (χ1n) is 5.24. The third-order valence-electron chi connectivity index (χ3n) is 3.24. The fourth-order valence-electron chi connectivity index (χ4n) is 2.27. The monoisotopic (exact) mass is 281 g/mol. The van der Waals surface area contributed by atoms with E-state index in [0.717, 1.165) is 18.4 Å². The second kappa shape index (κ2) is 4.00. The van der Waals surface area contributed by atoms with Gasteiger partial charge in [0.05, 0.1) is 0 Å². The van der Waals surface area contributed by atoms with Crippen molar-refractivity contribution < 1.29 is 13.6 Å². The molecule has 1 saturated heterocycles. The van der Waals surface area contributed by atoms with Gasteiger partial charge in [-0.05, 0) is 6.42 Å². The Morgan fingerprint density at radius 1 is 1.47 bits per heavy atom. The molecule has 1 atom stereocenters. The summed E-state index contributed by atoms with van der Waals surface area (Å²) in [7, 11) is 0. The van der Waals surface area contributed by atoms with Gasteiger partial charge in [-0.3, -0.25) is 4.79 Å². The highest BCUT2D eigenvalue weighted by Gasteiger charge is 2.45. The first-order valence-corrected chi connectivity index (χ1v) is 6.36. The Balaban J connectivity index is 1.83. The van der Waals surface area contributed by atoms with Gasteiger partial charge in [-0.25, -0.2) is 8.78 Å². The summed E-state index contributed by atoms with van der Waals surface area (Å²) in [5, 5.41) is 0.887. The molecular formula is C10H14BrF2NO. The van der Waals surface area contributed by atoms with E-state index in [1.807, 2.05) is 0 Å². The van der Waals surface area contributed by atoms with Crippen LogP contribution in [0.2, 0.25) is 0 Å². The van der Waals surface area contributed by atoms with Gasteiger partial charge in [-0.1, -0.05) is 15.9 Å². The highest BCUT2D eigenvalue weighted by atomic mass is 79.9. The Labute approximate surface area is 96.1 Å². The number of rotatable bonds is 2. The molecule has 0 aromatic heterocycles. The largest absolute Gasteiger partial charge is 0.342 e. The number of carbonyl (C=O) groups is 1. The lowest BCUT2D eigenvalue weighted by Crippen LogP contribution is -2.52. The number of amides is 1. The van der Waals surface area contributed by atoms with Gasteiger partial charge in [0.2, 0.25) is 11.8 Å². The molecule has 5 heteroatoms. The van der Waals surface area contributed by atoms with Crippen molar-refractivity contribution in [2.45, 2.75) is 25.2 Å². The van der Waals surface area contributed by atoms with Crippen molar-refractivity contribution in [3.05, 3.63) is 0 Å². The summed E-state index contributed by atoms with van der Waals surface area (Å²) < 4.78 is 25.8. The minimum absolute atomic E-state index is 0.0654. The normalized spacial score (nSPS) is 30.3. The van der Waals surface area contributed by atoms with Crippen molar-refractivity contribution in [2.75, 3.05) is 18.4 Å². The molecule has 0 aromatic carbocycles. The van der Waals surface area contributed by atoms with E-state index < -0.39 is 11.8 Å². The number of likely N-dealkylation sites (tertiary alicyclic amines) is 1. The maximum Gasteiger partial charge on any atom is 0.248 e. The van der Waals surface area contributed by atoms with Crippen LogP contribution in [0.5, 0.6) is 0 Å². The molecule has 1 aliphatic heterocycles. The van der Waals surface area contributed by atoms with Crippen LogP contribution in [0, 0.1) is 11.8 Å². The molecule has 2 fully saturated rings. The lowest BCUT2D eigenvalue weighted by atomic mass is 9.98. The molecule has 0 bridgehead atoms. The average Bonchev–Trinajstić information content (AvgIpc) is 2.44. The van der Waals surface area contributed by atoms with Crippen molar-refractivity contribution in [3.8, 4) is 0 Å². The van der Waals surface area contributed by atoms with E-state index in [9.17, 15) is 13.6 Å². The predicted octanol–water partition coefficient (Wildman–Crippen LogP) is 2.28. The summed E-state index contributed by atoms with van der Waals surface area (Å²) in [5.41, 5.74) is 0. The fraction of sp³-hybridized carbons (Fsp3) is 0.900. The summed E-state index contributed by atoms with van der Waals surface area (Å²) >= 11 is 3.35. The molecule has 0 spiro atoms. The number of carbonyl (C=O) groups excluding carboxylic acids is 1. The Bertz CT molecular complexity index is 266. The van der Waals surface area contributed by atoms with Gasteiger partial charge in [-0.2, -0.15) is 0 Å². The van der Waals surface area contributed by atoms with Crippen LogP contribution in [0.4, 0.5) is 8.78 Å². The zero-order chi connectivity index (χ0) is 11.1. The molecule has 2 rings (SSSR count). The molecule has 0 radical (unpaired) electrons. The average molecular weight is 282 g/mol. The van der Waals surface area contributed by atoms with E-state index in [4.69, 9.17) is 0 Å². The van der Waals surface area contributed by atoms with Gasteiger partial charge in [0, 0.05) is 43.1 Å². The minimum Gasteiger partial charge on any atom is -0.342 e. The maximum absolute atomic E-state index is 12.9. The van der Waals surface area contributed by atoms with Gasteiger partial charge in [0.1, 0.15) is 0 Å². The molecule has 0 N–H and O–H groups in total. The first-order chi connectivity index (χ1) is 7.02. The summed E-state index contributed by atoms with van der Waals surface area (Å²) in [6, 6.07) is 0. The lowest BCUT2D eigenvalue weighted by molar-refractivity contribution is -0.142. The van der Waals surface area contributed by atoms with Crippen molar-refractivity contribution in [3.63, 3.8) is 0 Å². The Morgan fingerprint density at radius 2 is 2.13 bits per heavy atom. The molecule has 86 valence electrons. The Hall–Kier alpha value is -0.190. The highest BCUT2D eigenvalue weighted by molar-refractivity contribution is 9.09. The molecule has 1 amide bonds. The van der Waals surface area contributed by atoms with Crippen LogP contribution >= 0.6 is 15.9 Å². The number of halogens is 3. The molecule has 15 heavy (non-hydrogen) atoms. The van der Waals surface area contributed by atoms with Gasteiger partial charge in [0.15, 0.2) is 0 Å². The van der Waals surface area contributed by atoms with Crippen molar-refractivity contribution >= 4 is 21.8 Å². The fourth-order valence-corrected chi connectivity index (χ4v) is 2.68. The van der Waals surface area contributed by atoms with Gasteiger partial charge < -0.3 is 4.90 Å². The second-order valence-electron chi connectivity index (χ2n) is 4.56. The molecule has 1 saturated carbocycles. The smallest absolute Gasteiger partial charge is 0.248 e. The molecule has 1 unspecified atom stereocenters. The molecular weight excluding hydrogens is 268 g/mol. The van der Waals surface area contributed by atoms with Crippen LogP contribution < -0.4 is 0 Å². The SMILES string of the molecule is O=C(C1CCC(F)(F)C1)N1CC(CBr)C1. The highest BCUT2D eigenvalue weighted by Crippen LogP contribution is 2.40. The quantitative estimate of drug-likeness (QED) is 0.711. The van der Waals surface area contributed by atoms with Crippen LogP contribution in [-0.4, -0.2) is 35.1 Å². The maximum atomic E-state index is 12.9. The molecule has 1 heterocycles. The lowest BCUT2D eigenvalue weighted by Gasteiger charge is -2.39. The summed E-state index contributed by atoms with van der Waals surface area (Å²) in [5.74, 6) is -2.60. The number of alkyl halides is 3. The Morgan fingerprint density at radius 3 is 2.60 bits per heavy atom. The van der Waals surface area contributed by atoms with Crippen molar-refractivity contribution in [2.24, 2.45) is 11.8 Å². The minimum atomic E-state index is -2.61. The van der Waals surface area contributed by atoms with Crippen LogP contribution in [-0.2, 0) is 4.79 Å². The first kappa shape index (κ1) is 11.3. The van der Waals surface area contributed by atoms with Crippen LogP contribution in [0.15, 0.2) is 0 Å². The third-order valence-corrected chi connectivity index (χ3v) is 4.16. The zero-order valence-electron chi connectivity index (χ0n) is 8.39. The summed E-state index contributed by atoms with van der Waals surface area (Å²) in [4.78, 5) is 13.5. The number of hydrogen-bond donors (Lipinski definition) is 0. The van der Waals surface area contributed by atoms with Crippen molar-refractivity contribution in [1.29, 1.82) is 0 Å². The summed E-state index contributed by atoms with van der Waals surface area (Å²) in [6.07, 6.45) is -0.0260. The topological polar surface area (TPSA) is 20.3 Å². The molecule has 0 aromatic rings. The number of hydrogen-bond acceptors (Lipinski definition) is 1. The standard InChI is InChI=1S/C10H14BrF2NO/c11-4-7-5-14(6-7)9(15)8-1-2-10(12,13)3-8/h7-8H,1-6H2. The van der Waals surface area contributed by atoms with E-state index in [-0.39, 0.29) is 18.7 Å². The van der Waals surface area contributed by atoms with Crippen LogP contribution in [0.1, 0.15) is 19.3 Å². The van der Waals surface area contributed by atoms with Crippen molar-refractivity contribution in [1.82, 2.24) is 4.90 Å². The van der Waals surface area contributed by atoms with E-state index in [2.05, 4.69) is 15.9 Å². The zero-order valence-corrected chi connectivity index (χ0v) is 9.97. The Kier molecular flexibility index (Phi) is 3.01. The third kappa shape index (κ3) is 2.32. The second-order valence-corrected chi connectivity index (χ2v) is 5.21. The van der Waals surface area contributed by atoms with E-state index >= 15 is 0 Å². The predicted molar refractivity (Wildman–Crippen MR) is 56.2 cm³/mol. The summed E-state index contributed by atoms with van der Waals surface area (Å²) in [6.45, 7) is 1.46. The van der Waals surface area contributed by atoms with Gasteiger partial charge in [-0.15, -0.1) is 0 Å². The van der Waals surface area contributed by atoms with E-state index in [1.54, 1.807) is 4.90 Å². The van der Waals surface area contributed by atoms with Crippen LogP contribution in [0.3, 0.4) is 0 Å². The van der Waals surface area contributed by atoms with Crippen LogP contribution in [0.25, 0.3) is 0 Å². The molecule has 2 aliphatic rings. The number of nitrogens with zero attached hydrogens (tertiary/aromatic N) is 1. The molecule has 2 nitrogen and oxygen atoms in total. The molecule has 1 aliphatic carbocycles. The van der Waals surface area contributed by atoms with E-state index in [0.29, 0.717) is 12.3 Å². The van der Waals surface area contributed by atoms with Gasteiger partial charge >= 0.3 is 0 Å².